The summed E-state index contributed by atoms with van der Waals surface area (Å²) >= 11 is 5.41. The number of hydrogen-bond acceptors (Lipinski definition) is 4. The van der Waals surface area contributed by atoms with Gasteiger partial charge in [-0.25, -0.2) is 0 Å². The van der Waals surface area contributed by atoms with E-state index in [1.54, 1.807) is 19.2 Å². The molecule has 0 aromatic heterocycles. The number of hydrogen-bond donors (Lipinski definition) is 1. The summed E-state index contributed by atoms with van der Waals surface area (Å²) in [6.45, 7) is 0.315. The molecule has 1 aromatic rings. The van der Waals surface area contributed by atoms with Gasteiger partial charge >= 0.3 is 0 Å². The van der Waals surface area contributed by atoms with Crippen LogP contribution in [0.1, 0.15) is 5.56 Å². The van der Waals surface area contributed by atoms with E-state index in [0.717, 1.165) is 5.56 Å². The van der Waals surface area contributed by atoms with Crippen molar-refractivity contribution in [2.45, 2.75) is 6.54 Å². The van der Waals surface area contributed by atoms with Gasteiger partial charge in [-0.3, -0.25) is 4.79 Å². The van der Waals surface area contributed by atoms with Crippen LogP contribution in [0.4, 0.5) is 0 Å². The smallest absolute Gasteiger partial charge is 0.235 e. The molecular formula is C12H16ClNO4. The molecule has 1 rings (SSSR count). The van der Waals surface area contributed by atoms with Crippen molar-refractivity contribution >= 4 is 17.5 Å². The fourth-order valence-electron chi connectivity index (χ4n) is 1.54. The van der Waals surface area contributed by atoms with Gasteiger partial charge in [0.25, 0.3) is 0 Å². The van der Waals surface area contributed by atoms with E-state index >= 15 is 0 Å². The minimum atomic E-state index is -0.242. The summed E-state index contributed by atoms with van der Waals surface area (Å²) in [4.78, 5) is 11.1. The number of ether oxygens (including phenoxy) is 3. The maximum absolute atomic E-state index is 11.1. The third-order valence-electron chi connectivity index (χ3n) is 2.38. The summed E-state index contributed by atoms with van der Waals surface area (Å²) < 4.78 is 15.7. The summed E-state index contributed by atoms with van der Waals surface area (Å²) in [7, 11) is 4.61. The zero-order valence-corrected chi connectivity index (χ0v) is 11.3. The minimum Gasteiger partial charge on any atom is -0.493 e. The van der Waals surface area contributed by atoms with Gasteiger partial charge < -0.3 is 19.5 Å². The van der Waals surface area contributed by atoms with Gasteiger partial charge in [0.2, 0.25) is 11.7 Å². The van der Waals surface area contributed by atoms with Gasteiger partial charge in [0.05, 0.1) is 21.3 Å². The van der Waals surface area contributed by atoms with Crippen LogP contribution in [0.25, 0.3) is 0 Å². The summed E-state index contributed by atoms with van der Waals surface area (Å²) in [5.74, 6) is 1.29. The standard InChI is InChI=1S/C12H16ClNO4/c1-16-9-5-4-8(7-14-10(15)6-13)11(17-2)12(9)18-3/h4-5H,6-7H2,1-3H3,(H,14,15). The minimum absolute atomic E-state index is 0.0738. The fourth-order valence-corrected chi connectivity index (χ4v) is 1.64. The Labute approximate surface area is 111 Å². The molecule has 6 heteroatoms. The number of rotatable bonds is 6. The average Bonchev–Trinajstić information content (AvgIpc) is 2.43. The first kappa shape index (κ1) is 14.4. The lowest BCUT2D eigenvalue weighted by Crippen LogP contribution is -2.24. The third-order valence-corrected chi connectivity index (χ3v) is 2.63. The van der Waals surface area contributed by atoms with Crippen LogP contribution in [0.3, 0.4) is 0 Å². The molecule has 1 aromatic carbocycles. The number of alkyl halides is 1. The SMILES string of the molecule is COc1ccc(CNC(=O)CCl)c(OC)c1OC. The molecule has 0 atom stereocenters. The van der Waals surface area contributed by atoms with E-state index in [2.05, 4.69) is 5.32 Å². The van der Waals surface area contributed by atoms with Gasteiger partial charge in [-0.2, -0.15) is 0 Å². The second-order valence-electron chi connectivity index (χ2n) is 3.40. The largest absolute Gasteiger partial charge is 0.493 e. The molecule has 0 spiro atoms. The van der Waals surface area contributed by atoms with Crippen LogP contribution in [0.15, 0.2) is 12.1 Å². The lowest BCUT2D eigenvalue weighted by atomic mass is 10.1. The second-order valence-corrected chi connectivity index (χ2v) is 3.67. The average molecular weight is 274 g/mol. The lowest BCUT2D eigenvalue weighted by Gasteiger charge is -2.15. The van der Waals surface area contributed by atoms with Crippen molar-refractivity contribution in [1.29, 1.82) is 0 Å². The van der Waals surface area contributed by atoms with Gasteiger partial charge in [0, 0.05) is 12.1 Å². The van der Waals surface area contributed by atoms with Crippen molar-refractivity contribution in [2.75, 3.05) is 27.2 Å². The first-order valence-corrected chi connectivity index (χ1v) is 5.81. The molecule has 0 bridgehead atoms. The van der Waals surface area contributed by atoms with Crippen LogP contribution in [0, 0.1) is 0 Å². The highest BCUT2D eigenvalue weighted by atomic mass is 35.5. The monoisotopic (exact) mass is 273 g/mol. The van der Waals surface area contributed by atoms with Crippen molar-refractivity contribution < 1.29 is 19.0 Å². The number of amides is 1. The number of nitrogens with one attached hydrogen (secondary N) is 1. The maximum atomic E-state index is 11.1. The Morgan fingerprint density at radius 1 is 1.17 bits per heavy atom. The van der Waals surface area contributed by atoms with Crippen molar-refractivity contribution in [3.05, 3.63) is 17.7 Å². The van der Waals surface area contributed by atoms with Crippen LogP contribution in [0.5, 0.6) is 17.2 Å². The van der Waals surface area contributed by atoms with Crippen LogP contribution in [-0.2, 0) is 11.3 Å². The predicted octanol–water partition coefficient (Wildman–Crippen LogP) is 1.57. The predicted molar refractivity (Wildman–Crippen MR) is 68.7 cm³/mol. The first-order valence-electron chi connectivity index (χ1n) is 5.28. The van der Waals surface area contributed by atoms with Crippen LogP contribution in [-0.4, -0.2) is 33.1 Å². The van der Waals surface area contributed by atoms with Crippen molar-refractivity contribution in [3.8, 4) is 17.2 Å². The quantitative estimate of drug-likeness (QED) is 0.800. The van der Waals surface area contributed by atoms with E-state index in [1.807, 2.05) is 0 Å². The van der Waals surface area contributed by atoms with Crippen molar-refractivity contribution in [3.63, 3.8) is 0 Å². The number of halogens is 1. The van der Waals surface area contributed by atoms with Gasteiger partial charge in [0.15, 0.2) is 11.5 Å². The Morgan fingerprint density at radius 2 is 1.83 bits per heavy atom. The van der Waals surface area contributed by atoms with Gasteiger partial charge in [-0.15, -0.1) is 11.6 Å². The van der Waals surface area contributed by atoms with Crippen molar-refractivity contribution in [1.82, 2.24) is 5.32 Å². The number of carbonyl (C=O) groups excluding carboxylic acids is 1. The zero-order valence-electron chi connectivity index (χ0n) is 10.6. The molecule has 0 heterocycles. The molecule has 0 unspecified atom stereocenters. The molecule has 0 aliphatic carbocycles. The highest BCUT2D eigenvalue weighted by molar-refractivity contribution is 6.27. The lowest BCUT2D eigenvalue weighted by molar-refractivity contribution is -0.118. The molecule has 1 N–H and O–H groups in total. The highest BCUT2D eigenvalue weighted by Gasteiger charge is 2.15. The number of carbonyl (C=O) groups is 1. The summed E-state index contributed by atoms with van der Waals surface area (Å²) in [6.07, 6.45) is 0. The van der Waals surface area contributed by atoms with E-state index in [4.69, 9.17) is 25.8 Å². The summed E-state index contributed by atoms with van der Waals surface area (Å²) in [6, 6.07) is 3.55. The molecule has 5 nitrogen and oxygen atoms in total. The van der Waals surface area contributed by atoms with Gasteiger partial charge in [0.1, 0.15) is 5.88 Å². The summed E-state index contributed by atoms with van der Waals surface area (Å²) in [5.41, 5.74) is 0.786. The molecule has 0 aliphatic heterocycles. The van der Waals surface area contributed by atoms with Gasteiger partial charge in [-0.05, 0) is 12.1 Å². The zero-order chi connectivity index (χ0) is 13.5. The van der Waals surface area contributed by atoms with Gasteiger partial charge in [-0.1, -0.05) is 0 Å². The third kappa shape index (κ3) is 3.20. The Balaban J connectivity index is 3.01. The maximum Gasteiger partial charge on any atom is 0.235 e. The Morgan fingerprint density at radius 3 is 2.33 bits per heavy atom. The molecule has 100 valence electrons. The topological polar surface area (TPSA) is 56.8 Å². The van der Waals surface area contributed by atoms with E-state index in [1.165, 1.54) is 14.2 Å². The molecule has 18 heavy (non-hydrogen) atoms. The first-order chi connectivity index (χ1) is 8.67. The normalized spacial score (nSPS) is 9.78. The van der Waals surface area contributed by atoms with Crippen LogP contribution in [0.2, 0.25) is 0 Å². The second kappa shape index (κ2) is 6.96. The molecule has 1 amide bonds. The van der Waals surface area contributed by atoms with E-state index < -0.39 is 0 Å². The summed E-state index contributed by atoms with van der Waals surface area (Å²) in [5, 5.41) is 2.66. The molecule has 0 fully saturated rings. The Hall–Kier alpha value is -1.62. The molecule has 0 radical (unpaired) electrons. The number of methoxy groups -OCH3 is 3. The Kier molecular flexibility index (Phi) is 5.58. The fraction of sp³-hybridized carbons (Fsp3) is 0.417. The van der Waals surface area contributed by atoms with Crippen LogP contribution < -0.4 is 19.5 Å². The van der Waals surface area contributed by atoms with Crippen LogP contribution >= 0.6 is 11.6 Å². The molecule has 0 saturated carbocycles. The molecule has 0 saturated heterocycles. The van der Waals surface area contributed by atoms with E-state index in [0.29, 0.717) is 23.8 Å². The van der Waals surface area contributed by atoms with Crippen molar-refractivity contribution in [2.24, 2.45) is 0 Å². The van der Waals surface area contributed by atoms with E-state index in [9.17, 15) is 4.79 Å². The Bertz CT molecular complexity index is 423. The highest BCUT2D eigenvalue weighted by Crippen LogP contribution is 2.39. The molecule has 0 aliphatic rings. The van der Waals surface area contributed by atoms with E-state index in [-0.39, 0.29) is 11.8 Å². The number of benzene rings is 1. The molecular weight excluding hydrogens is 258 g/mol.